The highest BCUT2D eigenvalue weighted by molar-refractivity contribution is 6.23. The Morgan fingerprint density at radius 1 is 1.31 bits per heavy atom. The van der Waals surface area contributed by atoms with Gasteiger partial charge in [-0.2, -0.15) is 5.10 Å². The number of rotatable bonds is 1. The first-order chi connectivity index (χ1) is 6.11. The molecule has 1 aromatic rings. The molecule has 2 rings (SSSR count). The Labute approximate surface area is 70.7 Å². The van der Waals surface area contributed by atoms with Crippen LogP contribution in [0.2, 0.25) is 0 Å². The number of aromatic nitrogens is 2. The van der Waals surface area contributed by atoms with Crippen LogP contribution in [0, 0.1) is 0 Å². The van der Waals surface area contributed by atoms with E-state index >= 15 is 0 Å². The van der Waals surface area contributed by atoms with Gasteiger partial charge in [0.25, 0.3) is 11.8 Å². The second kappa shape index (κ2) is 2.16. The van der Waals surface area contributed by atoms with Crippen LogP contribution in [0.5, 0.6) is 0 Å². The van der Waals surface area contributed by atoms with Crippen LogP contribution < -0.4 is 5.32 Å². The first kappa shape index (κ1) is 7.47. The van der Waals surface area contributed by atoms with E-state index in [0.717, 1.165) is 0 Å². The summed E-state index contributed by atoms with van der Waals surface area (Å²) in [5.41, 5.74) is -0.724. The van der Waals surface area contributed by atoms with Gasteiger partial charge in [-0.25, -0.2) is 4.79 Å². The molecule has 1 aliphatic heterocycles. The zero-order valence-corrected chi connectivity index (χ0v) is 6.12. The van der Waals surface area contributed by atoms with Crippen LogP contribution in [-0.4, -0.2) is 33.1 Å². The molecule has 0 saturated heterocycles. The number of aromatic amines is 1. The van der Waals surface area contributed by atoms with Crippen LogP contribution in [0.25, 0.3) is 0 Å². The summed E-state index contributed by atoms with van der Waals surface area (Å²) in [6.45, 7) is 0. The van der Waals surface area contributed by atoms with Crippen molar-refractivity contribution < 1.29 is 19.5 Å². The quantitative estimate of drug-likeness (QED) is 0.480. The third kappa shape index (κ3) is 0.835. The summed E-state index contributed by atoms with van der Waals surface area (Å²) in [7, 11) is 0. The molecule has 2 heterocycles. The van der Waals surface area contributed by atoms with E-state index in [1.807, 2.05) is 5.32 Å². The van der Waals surface area contributed by atoms with Crippen molar-refractivity contribution in [2.75, 3.05) is 0 Å². The number of imide groups is 1. The van der Waals surface area contributed by atoms with E-state index < -0.39 is 17.8 Å². The molecule has 0 aliphatic carbocycles. The fourth-order valence-electron chi connectivity index (χ4n) is 1.11. The second-order valence-electron chi connectivity index (χ2n) is 2.41. The van der Waals surface area contributed by atoms with Gasteiger partial charge in [0.15, 0.2) is 11.4 Å². The highest BCUT2D eigenvalue weighted by atomic mass is 16.4. The molecule has 1 aliphatic rings. The van der Waals surface area contributed by atoms with Gasteiger partial charge in [0.2, 0.25) is 0 Å². The number of aromatic carboxylic acids is 1. The number of nitrogens with one attached hydrogen (secondary N) is 2. The molecule has 1 aromatic heterocycles. The molecule has 13 heavy (non-hydrogen) atoms. The Morgan fingerprint density at radius 2 is 2.00 bits per heavy atom. The number of amides is 2. The van der Waals surface area contributed by atoms with Gasteiger partial charge in [0.1, 0.15) is 5.56 Å². The SMILES string of the molecule is O=C1NC(=O)c2c1n[nH]c2C(=O)O. The summed E-state index contributed by atoms with van der Waals surface area (Å²) in [6, 6.07) is 0. The van der Waals surface area contributed by atoms with Crippen molar-refractivity contribution in [2.45, 2.75) is 0 Å². The third-order valence-electron chi connectivity index (χ3n) is 1.65. The van der Waals surface area contributed by atoms with Crippen molar-refractivity contribution in [3.8, 4) is 0 Å². The molecule has 0 radical (unpaired) electrons. The summed E-state index contributed by atoms with van der Waals surface area (Å²) < 4.78 is 0. The molecule has 7 heteroatoms. The minimum Gasteiger partial charge on any atom is -0.477 e. The maximum absolute atomic E-state index is 11.0. The van der Waals surface area contributed by atoms with E-state index in [-0.39, 0.29) is 17.0 Å². The van der Waals surface area contributed by atoms with Crippen molar-refractivity contribution in [1.29, 1.82) is 0 Å². The van der Waals surface area contributed by atoms with Crippen LogP contribution in [0.3, 0.4) is 0 Å². The average Bonchev–Trinajstić information content (AvgIpc) is 2.55. The van der Waals surface area contributed by atoms with Gasteiger partial charge in [0.05, 0.1) is 0 Å². The lowest BCUT2D eigenvalue weighted by atomic mass is 10.2. The summed E-state index contributed by atoms with van der Waals surface area (Å²) in [4.78, 5) is 32.4. The Kier molecular flexibility index (Phi) is 1.24. The number of hydrogen-bond acceptors (Lipinski definition) is 4. The van der Waals surface area contributed by atoms with Crippen LogP contribution in [-0.2, 0) is 0 Å². The van der Waals surface area contributed by atoms with Gasteiger partial charge < -0.3 is 5.11 Å². The van der Waals surface area contributed by atoms with Crippen LogP contribution in [0.1, 0.15) is 31.3 Å². The summed E-state index contributed by atoms with van der Waals surface area (Å²) in [5.74, 6) is -2.73. The van der Waals surface area contributed by atoms with E-state index in [1.165, 1.54) is 0 Å². The van der Waals surface area contributed by atoms with Gasteiger partial charge in [-0.1, -0.05) is 0 Å². The number of carbonyl (C=O) groups is 3. The fraction of sp³-hybridized carbons (Fsp3) is 0. The first-order valence-electron chi connectivity index (χ1n) is 3.28. The van der Waals surface area contributed by atoms with Crippen LogP contribution >= 0.6 is 0 Å². The molecule has 0 unspecified atom stereocenters. The number of carboxylic acids is 1. The Bertz CT molecular complexity index is 433. The Morgan fingerprint density at radius 3 is 2.62 bits per heavy atom. The minimum atomic E-state index is -1.32. The molecule has 2 amide bonds. The second-order valence-corrected chi connectivity index (χ2v) is 2.41. The molecule has 0 saturated carbocycles. The van der Waals surface area contributed by atoms with E-state index in [2.05, 4.69) is 10.2 Å². The highest BCUT2D eigenvalue weighted by Gasteiger charge is 2.35. The number of hydrogen-bond donors (Lipinski definition) is 3. The van der Waals surface area contributed by atoms with Crippen molar-refractivity contribution in [3.05, 3.63) is 17.0 Å². The minimum absolute atomic E-state index is 0.164. The molecule has 66 valence electrons. The molecule has 0 fully saturated rings. The molecule has 0 aromatic carbocycles. The van der Waals surface area contributed by atoms with Crippen molar-refractivity contribution >= 4 is 17.8 Å². The lowest BCUT2D eigenvalue weighted by molar-refractivity contribution is 0.0683. The largest absolute Gasteiger partial charge is 0.477 e. The summed E-state index contributed by atoms with van der Waals surface area (Å²) in [5, 5.41) is 16.0. The summed E-state index contributed by atoms with van der Waals surface area (Å²) >= 11 is 0. The highest BCUT2D eigenvalue weighted by Crippen LogP contribution is 2.16. The number of H-pyrrole nitrogens is 1. The van der Waals surface area contributed by atoms with Crippen molar-refractivity contribution in [2.24, 2.45) is 0 Å². The predicted octanol–water partition coefficient (Wildman–Crippen LogP) is -1.01. The van der Waals surface area contributed by atoms with E-state index in [4.69, 9.17) is 5.11 Å². The van der Waals surface area contributed by atoms with Crippen molar-refractivity contribution in [3.63, 3.8) is 0 Å². The number of nitrogens with zero attached hydrogens (tertiary/aromatic N) is 1. The smallest absolute Gasteiger partial charge is 0.354 e. The zero-order chi connectivity index (χ0) is 9.59. The van der Waals surface area contributed by atoms with E-state index in [1.54, 1.807) is 0 Å². The molecule has 7 nitrogen and oxygen atoms in total. The molecule has 3 N–H and O–H groups in total. The molecular formula is C6H3N3O4. The van der Waals surface area contributed by atoms with E-state index in [9.17, 15) is 14.4 Å². The third-order valence-corrected chi connectivity index (χ3v) is 1.65. The van der Waals surface area contributed by atoms with E-state index in [0.29, 0.717) is 0 Å². The fourth-order valence-corrected chi connectivity index (χ4v) is 1.11. The lowest BCUT2D eigenvalue weighted by Crippen LogP contribution is -2.22. The standard InChI is InChI=1S/C6H3N3O4/c10-4-1-2(5(11)7-4)8-9-3(1)6(12)13/h(H,8,9)(H,12,13)(H,7,10,11). The molecular weight excluding hydrogens is 178 g/mol. The average molecular weight is 181 g/mol. The predicted molar refractivity (Wildman–Crippen MR) is 37.3 cm³/mol. The topological polar surface area (TPSA) is 112 Å². The monoisotopic (exact) mass is 181 g/mol. The van der Waals surface area contributed by atoms with Crippen LogP contribution in [0.15, 0.2) is 0 Å². The van der Waals surface area contributed by atoms with Gasteiger partial charge in [-0.15, -0.1) is 0 Å². The number of carbonyl (C=O) groups excluding carboxylic acids is 2. The maximum atomic E-state index is 11.0. The molecule has 0 spiro atoms. The van der Waals surface area contributed by atoms with Gasteiger partial charge >= 0.3 is 5.97 Å². The van der Waals surface area contributed by atoms with Gasteiger partial charge in [0, 0.05) is 0 Å². The Balaban J connectivity index is 2.67. The lowest BCUT2D eigenvalue weighted by Gasteiger charge is -1.90. The molecule has 0 bridgehead atoms. The number of fused-ring (bicyclic) bond motifs is 1. The maximum Gasteiger partial charge on any atom is 0.354 e. The Hall–Kier alpha value is -2.18. The molecule has 0 atom stereocenters. The zero-order valence-electron chi connectivity index (χ0n) is 6.12. The van der Waals surface area contributed by atoms with Gasteiger partial charge in [-0.3, -0.25) is 20.0 Å². The number of carboxylic acid groups (broad SMARTS) is 1. The first-order valence-corrected chi connectivity index (χ1v) is 3.28. The van der Waals surface area contributed by atoms with Crippen molar-refractivity contribution in [1.82, 2.24) is 15.5 Å². The van der Waals surface area contributed by atoms with Crippen LogP contribution in [0.4, 0.5) is 0 Å². The summed E-state index contributed by atoms with van der Waals surface area (Å²) in [6.07, 6.45) is 0. The normalized spacial score (nSPS) is 14.2. The van der Waals surface area contributed by atoms with Gasteiger partial charge in [-0.05, 0) is 0 Å².